The molecule has 0 spiro atoms. The molecule has 98 valence electrons. The van der Waals surface area contributed by atoms with Crippen molar-refractivity contribution in [3.05, 3.63) is 29.7 Å². The number of nitrogens with two attached hydrogens (primary N) is 1. The zero-order valence-corrected chi connectivity index (χ0v) is 9.79. The van der Waals surface area contributed by atoms with Crippen molar-refractivity contribution in [2.75, 3.05) is 5.32 Å². The molecule has 0 fully saturated rings. The van der Waals surface area contributed by atoms with Crippen molar-refractivity contribution in [2.45, 2.75) is 0 Å². The molecular formula is C9H9BFN5O3. The van der Waals surface area contributed by atoms with E-state index in [1.54, 1.807) is 7.85 Å². The number of nitrogens with one attached hydrogen (secondary N) is 1. The molecule has 0 atom stereocenters. The molecule has 0 bridgehead atoms. The molecule has 0 radical (unpaired) electrons. The first-order chi connectivity index (χ1) is 9.15. The molecule has 0 saturated carbocycles. The van der Waals surface area contributed by atoms with Crippen molar-refractivity contribution >= 4 is 24.8 Å². The van der Waals surface area contributed by atoms with E-state index in [0.29, 0.717) is 11.2 Å². The van der Waals surface area contributed by atoms with E-state index in [0.717, 1.165) is 0 Å². The summed E-state index contributed by atoms with van der Waals surface area (Å²) in [6.45, 7) is 0. The van der Waals surface area contributed by atoms with Crippen molar-refractivity contribution in [2.24, 2.45) is 11.1 Å². The minimum absolute atomic E-state index is 0.0213. The van der Waals surface area contributed by atoms with Crippen LogP contribution in [0.4, 0.5) is 10.1 Å². The first kappa shape index (κ1) is 12.8. The average Bonchev–Trinajstić information content (AvgIpc) is 2.88. The first-order valence-electron chi connectivity index (χ1n) is 5.10. The second kappa shape index (κ2) is 5.35. The van der Waals surface area contributed by atoms with Gasteiger partial charge in [0.25, 0.3) is 0 Å². The number of oxime groups is 1. The molecule has 4 N–H and O–H groups in total. The van der Waals surface area contributed by atoms with Crippen LogP contribution in [0.25, 0.3) is 0 Å². The summed E-state index contributed by atoms with van der Waals surface area (Å²) in [5.74, 6) is 4.35. The summed E-state index contributed by atoms with van der Waals surface area (Å²) in [5.41, 5.74) is 0.889. The van der Waals surface area contributed by atoms with Crippen LogP contribution in [0.15, 0.2) is 28.0 Å². The van der Waals surface area contributed by atoms with Crippen LogP contribution in [0.1, 0.15) is 5.69 Å². The summed E-state index contributed by atoms with van der Waals surface area (Å²) in [6, 6.07) is 4.26. The number of nitrogens with zero attached hydrogens (tertiary/aromatic N) is 3. The zero-order chi connectivity index (χ0) is 13.8. The maximum Gasteiger partial charge on any atom is 0.309 e. The maximum atomic E-state index is 13.1. The Balaban J connectivity index is 2.27. The van der Waals surface area contributed by atoms with Gasteiger partial charge in [-0.1, -0.05) is 10.6 Å². The van der Waals surface area contributed by atoms with Crippen molar-refractivity contribution < 1.29 is 19.1 Å². The van der Waals surface area contributed by atoms with Gasteiger partial charge in [-0.05, 0) is 28.5 Å². The van der Waals surface area contributed by atoms with Crippen LogP contribution in [0.5, 0.6) is 5.88 Å². The van der Waals surface area contributed by atoms with Gasteiger partial charge in [0.15, 0.2) is 0 Å². The highest BCUT2D eigenvalue weighted by Crippen LogP contribution is 2.14. The second-order valence-electron chi connectivity index (χ2n) is 3.57. The zero-order valence-electron chi connectivity index (χ0n) is 9.79. The molecule has 0 aliphatic heterocycles. The average molecular weight is 265 g/mol. The number of halogens is 1. The van der Waals surface area contributed by atoms with Crippen LogP contribution in [0.3, 0.4) is 0 Å². The molecule has 0 saturated heterocycles. The van der Waals surface area contributed by atoms with Gasteiger partial charge < -0.3 is 15.4 Å². The molecule has 0 aliphatic rings. The lowest BCUT2D eigenvalue weighted by atomic mass is 9.95. The fraction of sp³-hybridized carbons (Fsp3) is 0. The minimum atomic E-state index is -0.345. The minimum Gasteiger partial charge on any atom is -0.409 e. The van der Waals surface area contributed by atoms with Gasteiger partial charge in [0.1, 0.15) is 13.7 Å². The summed E-state index contributed by atoms with van der Waals surface area (Å²) >= 11 is 0. The predicted molar refractivity (Wildman–Crippen MR) is 65.6 cm³/mol. The Morgan fingerprint density at radius 1 is 1.53 bits per heavy atom. The van der Waals surface area contributed by atoms with E-state index < -0.39 is 0 Å². The van der Waals surface area contributed by atoms with E-state index in [-0.39, 0.29) is 23.2 Å². The summed E-state index contributed by atoms with van der Waals surface area (Å²) in [4.78, 5) is 4.39. The molecule has 1 aromatic carbocycles. The van der Waals surface area contributed by atoms with Crippen LogP contribution in [-0.2, 0) is 0 Å². The summed E-state index contributed by atoms with van der Waals surface area (Å²) < 4.78 is 17.5. The lowest BCUT2D eigenvalue weighted by molar-refractivity contribution is 0.260. The fourth-order valence-corrected chi connectivity index (χ4v) is 1.39. The van der Waals surface area contributed by atoms with Gasteiger partial charge in [-0.3, -0.25) is 0 Å². The first-order valence-corrected chi connectivity index (χ1v) is 5.10. The Bertz CT molecular complexity index is 618. The number of hydrogen-bond donors (Lipinski definition) is 3. The summed E-state index contributed by atoms with van der Waals surface area (Å²) in [5, 5.41) is 21.5. The van der Waals surface area contributed by atoms with Crippen LogP contribution < -0.4 is 21.5 Å². The normalized spacial score (nSPS) is 11.4. The van der Waals surface area contributed by atoms with Gasteiger partial charge in [-0.25, -0.2) is 9.02 Å². The van der Waals surface area contributed by atoms with Crippen LogP contribution in [0, 0.1) is 5.82 Å². The Kier molecular flexibility index (Phi) is 3.62. The Morgan fingerprint density at radius 3 is 2.95 bits per heavy atom. The SMILES string of the molecule is Bc1cc(N/C(=N\O)c2nonc2ON)ccc1F. The van der Waals surface area contributed by atoms with Crippen LogP contribution >= 0.6 is 0 Å². The number of anilines is 1. The van der Waals surface area contributed by atoms with Crippen molar-refractivity contribution in [1.82, 2.24) is 10.3 Å². The van der Waals surface area contributed by atoms with E-state index in [2.05, 4.69) is 30.3 Å². The van der Waals surface area contributed by atoms with Gasteiger partial charge in [0.2, 0.25) is 11.5 Å². The number of benzene rings is 1. The number of amidine groups is 1. The Morgan fingerprint density at radius 2 is 2.32 bits per heavy atom. The third-order valence-corrected chi connectivity index (χ3v) is 2.32. The van der Waals surface area contributed by atoms with Crippen molar-refractivity contribution in [1.29, 1.82) is 0 Å². The molecular weight excluding hydrogens is 256 g/mol. The lowest BCUT2D eigenvalue weighted by Crippen LogP contribution is -2.18. The summed E-state index contributed by atoms with van der Waals surface area (Å²) in [6.07, 6.45) is 0. The molecule has 0 aliphatic carbocycles. The molecule has 0 unspecified atom stereocenters. The summed E-state index contributed by atoms with van der Waals surface area (Å²) in [7, 11) is 1.60. The third kappa shape index (κ3) is 2.63. The Hall–Kier alpha value is -2.62. The van der Waals surface area contributed by atoms with E-state index in [1.165, 1.54) is 18.2 Å². The molecule has 1 heterocycles. The molecule has 2 aromatic rings. The van der Waals surface area contributed by atoms with Gasteiger partial charge in [0.05, 0.1) is 0 Å². The second-order valence-corrected chi connectivity index (χ2v) is 3.57. The highest BCUT2D eigenvalue weighted by atomic mass is 19.1. The van der Waals surface area contributed by atoms with E-state index in [9.17, 15) is 4.39 Å². The number of hydrogen-bond acceptors (Lipinski definition) is 7. The molecule has 10 heteroatoms. The molecule has 8 nitrogen and oxygen atoms in total. The van der Waals surface area contributed by atoms with Gasteiger partial charge in [-0.2, -0.15) is 5.90 Å². The highest BCUT2D eigenvalue weighted by Gasteiger charge is 2.18. The third-order valence-electron chi connectivity index (χ3n) is 2.32. The number of rotatable bonds is 3. The van der Waals surface area contributed by atoms with Gasteiger partial charge >= 0.3 is 5.88 Å². The van der Waals surface area contributed by atoms with Crippen molar-refractivity contribution in [3.63, 3.8) is 0 Å². The number of aromatic nitrogens is 2. The maximum absolute atomic E-state index is 13.1. The largest absolute Gasteiger partial charge is 0.409 e. The standard InChI is InChI=1S/C9H9BFN5O3/c10-5-3-4(1-2-6(5)11)13-8(14-17)7-9(18-12)16-19-15-7/h1-3,17H,10,12H2,(H,13,14). The van der Waals surface area contributed by atoms with E-state index >= 15 is 0 Å². The Labute approximate surface area is 107 Å². The van der Waals surface area contributed by atoms with Crippen molar-refractivity contribution in [3.8, 4) is 5.88 Å². The highest BCUT2D eigenvalue weighted by molar-refractivity contribution is 6.32. The molecule has 0 amide bonds. The quantitative estimate of drug-likeness (QED) is 0.213. The van der Waals surface area contributed by atoms with Gasteiger partial charge in [0, 0.05) is 5.69 Å². The van der Waals surface area contributed by atoms with Crippen LogP contribution in [-0.4, -0.2) is 29.2 Å². The lowest BCUT2D eigenvalue weighted by Gasteiger charge is -2.07. The van der Waals surface area contributed by atoms with Gasteiger partial charge in [-0.15, -0.1) is 0 Å². The fourth-order valence-electron chi connectivity index (χ4n) is 1.39. The van der Waals surface area contributed by atoms with E-state index in [1.807, 2.05) is 0 Å². The molecule has 19 heavy (non-hydrogen) atoms. The predicted octanol–water partition coefficient (Wildman–Crippen LogP) is -1.03. The van der Waals surface area contributed by atoms with E-state index in [4.69, 9.17) is 11.1 Å². The monoisotopic (exact) mass is 265 g/mol. The smallest absolute Gasteiger partial charge is 0.309 e. The van der Waals surface area contributed by atoms with Crippen LogP contribution in [0.2, 0.25) is 0 Å². The molecule has 1 aromatic heterocycles. The molecule has 2 rings (SSSR count). The topological polar surface area (TPSA) is 119 Å².